The minimum atomic E-state index is -0.470. The van der Waals surface area contributed by atoms with E-state index in [4.69, 9.17) is 14.5 Å². The van der Waals surface area contributed by atoms with E-state index in [1.165, 1.54) is 12.2 Å². The van der Waals surface area contributed by atoms with Gasteiger partial charge < -0.3 is 25.4 Å². The van der Waals surface area contributed by atoms with E-state index in [0.717, 1.165) is 64.1 Å². The second-order valence-electron chi connectivity index (χ2n) is 8.53. The number of hydrogen-bond acceptors (Lipinski definition) is 6. The highest BCUT2D eigenvalue weighted by atomic mass is 32.2. The van der Waals surface area contributed by atoms with Gasteiger partial charge in [-0.1, -0.05) is 0 Å². The van der Waals surface area contributed by atoms with Gasteiger partial charge in [-0.25, -0.2) is 4.79 Å². The zero-order chi connectivity index (χ0) is 21.2. The maximum absolute atomic E-state index is 11.7. The molecule has 9 heteroatoms. The molecule has 168 valence electrons. The number of carbonyl (C=O) groups excluding carboxylic acids is 1. The van der Waals surface area contributed by atoms with Crippen molar-refractivity contribution in [1.82, 2.24) is 20.9 Å². The number of morpholine rings is 1. The SMILES string of the molecule is CCNC(=NCC1(N2CCOCC2)CCSC1)NCCCNC(=O)OC(C)(C)C. The van der Waals surface area contributed by atoms with Crippen LogP contribution in [0.25, 0.3) is 0 Å². The number of hydrogen-bond donors (Lipinski definition) is 3. The highest BCUT2D eigenvalue weighted by Crippen LogP contribution is 2.34. The first-order valence-electron chi connectivity index (χ1n) is 10.7. The van der Waals surface area contributed by atoms with Crippen LogP contribution in [0, 0.1) is 0 Å². The first kappa shape index (κ1) is 24.1. The monoisotopic (exact) mass is 429 g/mol. The van der Waals surface area contributed by atoms with Crippen molar-refractivity contribution in [2.75, 3.05) is 64.0 Å². The zero-order valence-electron chi connectivity index (χ0n) is 18.5. The van der Waals surface area contributed by atoms with Crippen LogP contribution in [-0.4, -0.2) is 92.1 Å². The Hall–Kier alpha value is -1.19. The minimum absolute atomic E-state index is 0.148. The van der Waals surface area contributed by atoms with Gasteiger partial charge in [0.05, 0.1) is 25.3 Å². The molecule has 2 rings (SSSR count). The standard InChI is InChI=1S/C20H39N5O3S/c1-5-21-17(22-8-6-9-23-18(26)28-19(2,3)4)24-15-20(7-14-29-16-20)25-10-12-27-13-11-25/h5-16H2,1-4H3,(H,23,26)(H2,21,22,24). The molecule has 2 aliphatic heterocycles. The van der Waals surface area contributed by atoms with Crippen molar-refractivity contribution in [3.05, 3.63) is 0 Å². The molecular formula is C20H39N5O3S. The highest BCUT2D eigenvalue weighted by Gasteiger charge is 2.40. The lowest BCUT2D eigenvalue weighted by molar-refractivity contribution is -0.0104. The summed E-state index contributed by atoms with van der Waals surface area (Å²) in [5.74, 6) is 3.18. The average molecular weight is 430 g/mol. The molecule has 0 saturated carbocycles. The molecule has 8 nitrogen and oxygen atoms in total. The number of nitrogens with zero attached hydrogens (tertiary/aromatic N) is 2. The molecule has 0 spiro atoms. The molecule has 0 bridgehead atoms. The van der Waals surface area contributed by atoms with E-state index in [1.54, 1.807) is 0 Å². The maximum Gasteiger partial charge on any atom is 0.407 e. The van der Waals surface area contributed by atoms with Crippen LogP contribution in [0.2, 0.25) is 0 Å². The molecule has 1 unspecified atom stereocenters. The third-order valence-electron chi connectivity index (χ3n) is 4.95. The molecule has 0 aromatic carbocycles. The van der Waals surface area contributed by atoms with Gasteiger partial charge in [-0.2, -0.15) is 11.8 Å². The van der Waals surface area contributed by atoms with Crippen molar-refractivity contribution >= 4 is 23.8 Å². The fourth-order valence-corrected chi connectivity index (χ4v) is 4.94. The van der Waals surface area contributed by atoms with Crippen molar-refractivity contribution in [3.63, 3.8) is 0 Å². The van der Waals surface area contributed by atoms with Crippen molar-refractivity contribution in [2.24, 2.45) is 4.99 Å². The van der Waals surface area contributed by atoms with Gasteiger partial charge in [-0.3, -0.25) is 9.89 Å². The lowest BCUT2D eigenvalue weighted by atomic mass is 9.96. The number of guanidine groups is 1. The van der Waals surface area contributed by atoms with Crippen molar-refractivity contribution in [3.8, 4) is 0 Å². The summed E-state index contributed by atoms with van der Waals surface area (Å²) in [5.41, 5.74) is -0.322. The highest BCUT2D eigenvalue weighted by molar-refractivity contribution is 7.99. The first-order chi connectivity index (χ1) is 13.8. The molecule has 0 radical (unpaired) electrons. The van der Waals surface area contributed by atoms with Crippen LogP contribution in [0.4, 0.5) is 4.79 Å². The molecular weight excluding hydrogens is 390 g/mol. The van der Waals surface area contributed by atoms with Crippen LogP contribution in [0.3, 0.4) is 0 Å². The molecule has 3 N–H and O–H groups in total. The molecule has 29 heavy (non-hydrogen) atoms. The van der Waals surface area contributed by atoms with E-state index in [0.29, 0.717) is 6.54 Å². The van der Waals surface area contributed by atoms with Gasteiger partial charge in [-0.15, -0.1) is 0 Å². The van der Waals surface area contributed by atoms with Crippen LogP contribution in [0.15, 0.2) is 4.99 Å². The van der Waals surface area contributed by atoms with E-state index >= 15 is 0 Å². The molecule has 0 aromatic rings. The third-order valence-corrected chi connectivity index (χ3v) is 6.19. The van der Waals surface area contributed by atoms with Gasteiger partial charge in [0, 0.05) is 38.5 Å². The number of aliphatic imine (C=N–C) groups is 1. The molecule has 1 amide bonds. The summed E-state index contributed by atoms with van der Waals surface area (Å²) in [5, 5.41) is 9.51. The topological polar surface area (TPSA) is 87.2 Å². The van der Waals surface area contributed by atoms with Gasteiger partial charge in [-0.05, 0) is 46.3 Å². The van der Waals surface area contributed by atoms with Gasteiger partial charge in [0.25, 0.3) is 0 Å². The first-order valence-corrected chi connectivity index (χ1v) is 11.9. The Bertz CT molecular complexity index is 527. The van der Waals surface area contributed by atoms with Crippen LogP contribution in [0.1, 0.15) is 40.5 Å². The van der Waals surface area contributed by atoms with Crippen LogP contribution in [-0.2, 0) is 9.47 Å². The largest absolute Gasteiger partial charge is 0.444 e. The predicted octanol–water partition coefficient (Wildman–Crippen LogP) is 1.66. The predicted molar refractivity (Wildman–Crippen MR) is 120 cm³/mol. The second-order valence-corrected chi connectivity index (χ2v) is 9.64. The third kappa shape index (κ3) is 8.60. The lowest BCUT2D eigenvalue weighted by Crippen LogP contribution is -2.56. The van der Waals surface area contributed by atoms with Gasteiger partial charge in [0.2, 0.25) is 0 Å². The fraction of sp³-hybridized carbons (Fsp3) is 0.900. The van der Waals surface area contributed by atoms with Crippen molar-refractivity contribution in [1.29, 1.82) is 0 Å². The Labute approximate surface area is 179 Å². The van der Waals surface area contributed by atoms with Gasteiger partial charge >= 0.3 is 6.09 Å². The Morgan fingerprint density at radius 3 is 2.55 bits per heavy atom. The van der Waals surface area contributed by atoms with Crippen LogP contribution in [0.5, 0.6) is 0 Å². The van der Waals surface area contributed by atoms with Crippen LogP contribution >= 0.6 is 11.8 Å². The molecule has 0 aliphatic carbocycles. The van der Waals surface area contributed by atoms with E-state index in [9.17, 15) is 4.79 Å². The van der Waals surface area contributed by atoms with E-state index in [1.807, 2.05) is 32.5 Å². The summed E-state index contributed by atoms with van der Waals surface area (Å²) in [4.78, 5) is 19.2. The molecule has 2 heterocycles. The number of amides is 1. The quantitative estimate of drug-likeness (QED) is 0.307. The molecule has 1 atom stereocenters. The number of rotatable bonds is 8. The average Bonchev–Trinajstić information content (AvgIpc) is 3.15. The summed E-state index contributed by atoms with van der Waals surface area (Å²) in [6.07, 6.45) is 1.61. The van der Waals surface area contributed by atoms with E-state index < -0.39 is 5.60 Å². The number of ether oxygens (including phenoxy) is 2. The van der Waals surface area contributed by atoms with Crippen molar-refractivity contribution < 1.29 is 14.3 Å². The number of alkyl carbamates (subject to hydrolysis) is 1. The number of thioether (sulfide) groups is 1. The summed E-state index contributed by atoms with van der Waals surface area (Å²) in [6.45, 7) is 14.2. The summed E-state index contributed by atoms with van der Waals surface area (Å²) < 4.78 is 10.8. The Kier molecular flexibility index (Phi) is 9.85. The zero-order valence-corrected chi connectivity index (χ0v) is 19.3. The maximum atomic E-state index is 11.7. The summed E-state index contributed by atoms with van der Waals surface area (Å²) >= 11 is 2.03. The normalized spacial score (nSPS) is 23.7. The van der Waals surface area contributed by atoms with Gasteiger partial charge in [0.15, 0.2) is 5.96 Å². The van der Waals surface area contributed by atoms with E-state index in [2.05, 4.69) is 27.8 Å². The Morgan fingerprint density at radius 1 is 1.21 bits per heavy atom. The van der Waals surface area contributed by atoms with Gasteiger partial charge in [0.1, 0.15) is 5.60 Å². The van der Waals surface area contributed by atoms with Crippen molar-refractivity contribution in [2.45, 2.75) is 51.7 Å². The smallest absolute Gasteiger partial charge is 0.407 e. The number of nitrogens with one attached hydrogen (secondary N) is 3. The molecule has 0 aromatic heterocycles. The minimum Gasteiger partial charge on any atom is -0.444 e. The van der Waals surface area contributed by atoms with Crippen LogP contribution < -0.4 is 16.0 Å². The molecule has 2 saturated heterocycles. The Balaban J connectivity index is 1.78. The Morgan fingerprint density at radius 2 is 1.93 bits per heavy atom. The molecule has 2 fully saturated rings. The number of carbonyl (C=O) groups is 1. The molecule has 2 aliphatic rings. The fourth-order valence-electron chi connectivity index (χ4n) is 3.48. The summed E-state index contributed by atoms with van der Waals surface area (Å²) in [7, 11) is 0. The van der Waals surface area contributed by atoms with E-state index in [-0.39, 0.29) is 11.6 Å². The second kappa shape index (κ2) is 11.9. The summed E-state index contributed by atoms with van der Waals surface area (Å²) in [6, 6.07) is 0. The lowest BCUT2D eigenvalue weighted by Gasteiger charge is -2.42.